The van der Waals surface area contributed by atoms with Crippen molar-refractivity contribution in [3.8, 4) is 0 Å². The van der Waals surface area contributed by atoms with Crippen molar-refractivity contribution in [2.75, 3.05) is 13.6 Å². The van der Waals surface area contributed by atoms with E-state index in [-0.39, 0.29) is 11.3 Å². The van der Waals surface area contributed by atoms with Crippen molar-refractivity contribution in [3.63, 3.8) is 0 Å². The molecule has 0 fully saturated rings. The summed E-state index contributed by atoms with van der Waals surface area (Å²) in [6.07, 6.45) is 2.44. The zero-order valence-electron chi connectivity index (χ0n) is 13.3. The lowest BCUT2D eigenvalue weighted by molar-refractivity contribution is -0.131. The quantitative estimate of drug-likeness (QED) is 0.831. The Morgan fingerprint density at radius 3 is 2.60 bits per heavy atom. The molecular formula is C17H28N2O. The highest BCUT2D eigenvalue weighted by Gasteiger charge is 2.19. The molecular weight excluding hydrogens is 248 g/mol. The number of nitrogens with two attached hydrogens (primary N) is 1. The van der Waals surface area contributed by atoms with Gasteiger partial charge in [0.05, 0.1) is 0 Å². The first-order valence-corrected chi connectivity index (χ1v) is 7.34. The van der Waals surface area contributed by atoms with Crippen LogP contribution < -0.4 is 5.73 Å². The Labute approximate surface area is 123 Å². The monoisotopic (exact) mass is 276 g/mol. The molecule has 1 aromatic carbocycles. The van der Waals surface area contributed by atoms with Gasteiger partial charge in [-0.1, -0.05) is 43.7 Å². The molecule has 0 aliphatic carbocycles. The van der Waals surface area contributed by atoms with Gasteiger partial charge in [0.2, 0.25) is 5.91 Å². The van der Waals surface area contributed by atoms with E-state index < -0.39 is 0 Å². The van der Waals surface area contributed by atoms with Gasteiger partial charge in [-0.05, 0) is 37.3 Å². The van der Waals surface area contributed by atoms with E-state index in [0.29, 0.717) is 19.5 Å². The lowest BCUT2D eigenvalue weighted by Crippen LogP contribution is -2.28. The third kappa shape index (κ3) is 5.74. The molecule has 112 valence electrons. The van der Waals surface area contributed by atoms with Crippen LogP contribution in [0, 0.1) is 12.3 Å². The first kappa shape index (κ1) is 16.7. The molecule has 0 heterocycles. The Morgan fingerprint density at radius 2 is 2.00 bits per heavy atom. The van der Waals surface area contributed by atoms with E-state index in [2.05, 4.69) is 39.0 Å². The van der Waals surface area contributed by atoms with E-state index in [1.165, 1.54) is 11.1 Å². The largest absolute Gasteiger partial charge is 0.341 e. The molecule has 3 nitrogen and oxygen atoms in total. The lowest BCUT2D eigenvalue weighted by atomic mass is 9.84. The van der Waals surface area contributed by atoms with Gasteiger partial charge in [-0.2, -0.15) is 0 Å². The van der Waals surface area contributed by atoms with Crippen LogP contribution >= 0.6 is 0 Å². The van der Waals surface area contributed by atoms with Gasteiger partial charge >= 0.3 is 0 Å². The highest BCUT2D eigenvalue weighted by molar-refractivity contribution is 5.75. The van der Waals surface area contributed by atoms with Gasteiger partial charge in [0.15, 0.2) is 0 Å². The zero-order chi connectivity index (χ0) is 15.2. The number of benzene rings is 1. The molecule has 0 saturated carbocycles. The van der Waals surface area contributed by atoms with Gasteiger partial charge in [0.1, 0.15) is 0 Å². The summed E-state index contributed by atoms with van der Waals surface area (Å²) in [5.74, 6) is 0.205. The molecule has 0 saturated heterocycles. The van der Waals surface area contributed by atoms with Gasteiger partial charge in [-0.15, -0.1) is 0 Å². The highest BCUT2D eigenvalue weighted by atomic mass is 16.2. The Hall–Kier alpha value is -1.35. The number of hydrogen-bond donors (Lipinski definition) is 1. The summed E-state index contributed by atoms with van der Waals surface area (Å²) < 4.78 is 0. The molecule has 1 aromatic rings. The molecule has 0 radical (unpaired) electrons. The number of aryl methyl sites for hydroxylation is 1. The van der Waals surface area contributed by atoms with Gasteiger partial charge in [-0.25, -0.2) is 0 Å². The topological polar surface area (TPSA) is 46.3 Å². The predicted octanol–water partition coefficient (Wildman–Crippen LogP) is 3.11. The van der Waals surface area contributed by atoms with E-state index in [0.717, 1.165) is 12.8 Å². The van der Waals surface area contributed by atoms with E-state index in [1.54, 1.807) is 0 Å². The van der Waals surface area contributed by atoms with Crippen LogP contribution in [-0.4, -0.2) is 24.4 Å². The molecule has 0 aliphatic rings. The first-order chi connectivity index (χ1) is 9.34. The zero-order valence-corrected chi connectivity index (χ0v) is 13.3. The second-order valence-corrected chi connectivity index (χ2v) is 6.44. The van der Waals surface area contributed by atoms with Gasteiger partial charge in [0.25, 0.3) is 0 Å². The molecule has 0 spiro atoms. The normalized spacial score (nSPS) is 11.4. The number of rotatable bonds is 7. The Kier molecular flexibility index (Phi) is 6.21. The summed E-state index contributed by atoms with van der Waals surface area (Å²) in [5.41, 5.74) is 8.16. The molecule has 2 N–H and O–H groups in total. The average molecular weight is 276 g/mol. The number of carbonyl (C=O) groups excluding carboxylic acids is 1. The Balaban J connectivity index is 2.47. The Bertz CT molecular complexity index is 440. The fraction of sp³-hybridized carbons (Fsp3) is 0.588. The standard InChI is InChI=1S/C17H28N2O/c1-14-6-5-7-15(12-14)13-19(4)16(20)8-9-17(2,3)10-11-18/h5-7,12H,8-11,13,18H2,1-4H3. The molecule has 0 unspecified atom stereocenters. The molecule has 0 atom stereocenters. The lowest BCUT2D eigenvalue weighted by Gasteiger charge is -2.25. The second kappa shape index (κ2) is 7.44. The van der Waals surface area contributed by atoms with E-state index in [4.69, 9.17) is 5.73 Å². The van der Waals surface area contributed by atoms with Crippen LogP contribution in [0.3, 0.4) is 0 Å². The van der Waals surface area contributed by atoms with Crippen molar-refractivity contribution in [3.05, 3.63) is 35.4 Å². The molecule has 1 rings (SSSR count). The number of hydrogen-bond acceptors (Lipinski definition) is 2. The predicted molar refractivity (Wildman–Crippen MR) is 84.3 cm³/mol. The van der Waals surface area contributed by atoms with Crippen LogP contribution in [0.5, 0.6) is 0 Å². The maximum atomic E-state index is 12.2. The molecule has 3 heteroatoms. The minimum atomic E-state index is 0.147. The summed E-state index contributed by atoms with van der Waals surface area (Å²) in [4.78, 5) is 14.0. The van der Waals surface area contributed by atoms with Gasteiger partial charge < -0.3 is 10.6 Å². The number of carbonyl (C=O) groups is 1. The van der Waals surface area contributed by atoms with Gasteiger partial charge in [-0.3, -0.25) is 4.79 Å². The van der Waals surface area contributed by atoms with Crippen LogP contribution in [0.25, 0.3) is 0 Å². The van der Waals surface area contributed by atoms with E-state index in [1.807, 2.05) is 18.0 Å². The maximum Gasteiger partial charge on any atom is 0.222 e. The van der Waals surface area contributed by atoms with Crippen molar-refractivity contribution in [1.82, 2.24) is 4.90 Å². The number of amides is 1. The van der Waals surface area contributed by atoms with E-state index in [9.17, 15) is 4.79 Å². The average Bonchev–Trinajstić information content (AvgIpc) is 2.36. The van der Waals surface area contributed by atoms with Crippen LogP contribution in [-0.2, 0) is 11.3 Å². The maximum absolute atomic E-state index is 12.2. The van der Waals surface area contributed by atoms with Crippen molar-refractivity contribution in [2.45, 2.75) is 46.6 Å². The number of nitrogens with zero attached hydrogens (tertiary/aromatic N) is 1. The van der Waals surface area contributed by atoms with E-state index >= 15 is 0 Å². The van der Waals surface area contributed by atoms with Crippen molar-refractivity contribution in [2.24, 2.45) is 11.1 Å². The fourth-order valence-corrected chi connectivity index (χ4v) is 2.32. The molecule has 0 aromatic heterocycles. The Morgan fingerprint density at radius 1 is 1.30 bits per heavy atom. The third-order valence-electron chi connectivity index (χ3n) is 3.76. The summed E-state index contributed by atoms with van der Waals surface area (Å²) in [5, 5.41) is 0. The van der Waals surface area contributed by atoms with Crippen LogP contribution in [0.4, 0.5) is 0 Å². The molecule has 1 amide bonds. The molecule has 20 heavy (non-hydrogen) atoms. The third-order valence-corrected chi connectivity index (χ3v) is 3.76. The summed E-state index contributed by atoms with van der Waals surface area (Å²) in [6.45, 7) is 7.78. The first-order valence-electron chi connectivity index (χ1n) is 7.34. The van der Waals surface area contributed by atoms with Gasteiger partial charge in [0, 0.05) is 20.0 Å². The second-order valence-electron chi connectivity index (χ2n) is 6.44. The summed E-state index contributed by atoms with van der Waals surface area (Å²) in [6, 6.07) is 8.30. The van der Waals surface area contributed by atoms with Crippen molar-refractivity contribution >= 4 is 5.91 Å². The van der Waals surface area contributed by atoms with Crippen LogP contribution in [0.1, 0.15) is 44.2 Å². The van der Waals surface area contributed by atoms with Crippen molar-refractivity contribution < 1.29 is 4.79 Å². The minimum Gasteiger partial charge on any atom is -0.341 e. The van der Waals surface area contributed by atoms with Crippen LogP contribution in [0.2, 0.25) is 0 Å². The summed E-state index contributed by atoms with van der Waals surface area (Å²) >= 11 is 0. The minimum absolute atomic E-state index is 0.147. The smallest absolute Gasteiger partial charge is 0.222 e. The fourth-order valence-electron chi connectivity index (χ4n) is 2.32. The van der Waals surface area contributed by atoms with Crippen molar-refractivity contribution in [1.29, 1.82) is 0 Å². The SMILES string of the molecule is Cc1cccc(CN(C)C(=O)CCC(C)(C)CCN)c1. The molecule has 0 aliphatic heterocycles. The summed E-state index contributed by atoms with van der Waals surface area (Å²) in [7, 11) is 1.88. The van der Waals surface area contributed by atoms with Crippen LogP contribution in [0.15, 0.2) is 24.3 Å². The highest BCUT2D eigenvalue weighted by Crippen LogP contribution is 2.26. The molecule has 0 bridgehead atoms.